The average Bonchev–Trinajstić information content (AvgIpc) is 2.64. The monoisotopic (exact) mass is 356 g/mol. The molecule has 1 aliphatic heterocycles. The first-order chi connectivity index (χ1) is 12.5. The van der Waals surface area contributed by atoms with Crippen LogP contribution in [0.4, 0.5) is 15.8 Å². The van der Waals surface area contributed by atoms with Crippen molar-refractivity contribution in [3.8, 4) is 0 Å². The number of nitrogens with one attached hydrogen (secondary N) is 1. The van der Waals surface area contributed by atoms with Crippen LogP contribution in [0.25, 0.3) is 0 Å². The van der Waals surface area contributed by atoms with Crippen LogP contribution in [-0.2, 0) is 6.54 Å². The SMILES string of the molecule is Cc1cc(F)c(C(=O)NCc2ccccc2N2CCN(C)CC2)cc1N. The van der Waals surface area contributed by atoms with Gasteiger partial charge in [-0.25, -0.2) is 4.39 Å². The predicted octanol–water partition coefficient (Wildman–Crippen LogP) is 2.40. The van der Waals surface area contributed by atoms with Gasteiger partial charge in [-0.15, -0.1) is 0 Å². The minimum Gasteiger partial charge on any atom is -0.398 e. The smallest absolute Gasteiger partial charge is 0.254 e. The number of carbonyl (C=O) groups excluding carboxylic acids is 1. The molecule has 2 aromatic carbocycles. The highest BCUT2D eigenvalue weighted by Crippen LogP contribution is 2.22. The van der Waals surface area contributed by atoms with E-state index in [0.717, 1.165) is 37.4 Å². The van der Waals surface area contributed by atoms with Crippen LogP contribution in [0.15, 0.2) is 36.4 Å². The second-order valence-electron chi connectivity index (χ2n) is 6.79. The van der Waals surface area contributed by atoms with Crippen LogP contribution in [0.3, 0.4) is 0 Å². The minimum atomic E-state index is -0.554. The van der Waals surface area contributed by atoms with Crippen molar-refractivity contribution in [3.63, 3.8) is 0 Å². The van der Waals surface area contributed by atoms with Crippen molar-refractivity contribution in [2.45, 2.75) is 13.5 Å². The highest BCUT2D eigenvalue weighted by Gasteiger charge is 2.18. The molecule has 1 heterocycles. The van der Waals surface area contributed by atoms with Crippen LogP contribution in [0.1, 0.15) is 21.5 Å². The van der Waals surface area contributed by atoms with Gasteiger partial charge in [-0.3, -0.25) is 4.79 Å². The number of carbonyl (C=O) groups is 1. The Balaban J connectivity index is 1.72. The highest BCUT2D eigenvalue weighted by atomic mass is 19.1. The molecule has 0 saturated carbocycles. The zero-order valence-electron chi connectivity index (χ0n) is 15.3. The first kappa shape index (κ1) is 18.2. The maximum Gasteiger partial charge on any atom is 0.254 e. The normalized spacial score (nSPS) is 15.1. The van der Waals surface area contributed by atoms with Crippen LogP contribution in [0.5, 0.6) is 0 Å². The predicted molar refractivity (Wildman–Crippen MR) is 103 cm³/mol. The Bertz CT molecular complexity index is 800. The molecule has 1 amide bonds. The Hall–Kier alpha value is -2.60. The summed E-state index contributed by atoms with van der Waals surface area (Å²) in [5, 5.41) is 2.82. The van der Waals surface area contributed by atoms with E-state index in [4.69, 9.17) is 5.73 Å². The van der Waals surface area contributed by atoms with Gasteiger partial charge in [0.15, 0.2) is 0 Å². The first-order valence-corrected chi connectivity index (χ1v) is 8.81. The summed E-state index contributed by atoms with van der Waals surface area (Å²) in [6.45, 7) is 5.97. The molecule has 5 nitrogen and oxygen atoms in total. The topological polar surface area (TPSA) is 61.6 Å². The molecule has 0 unspecified atom stereocenters. The van der Waals surface area contributed by atoms with Gasteiger partial charge in [0.25, 0.3) is 5.91 Å². The molecule has 1 saturated heterocycles. The second kappa shape index (κ2) is 7.74. The Kier molecular flexibility index (Phi) is 5.42. The molecule has 1 fully saturated rings. The quantitative estimate of drug-likeness (QED) is 0.826. The third-order valence-electron chi connectivity index (χ3n) is 4.88. The summed E-state index contributed by atoms with van der Waals surface area (Å²) in [6, 6.07) is 10.7. The number of rotatable bonds is 4. The molecule has 2 aromatic rings. The zero-order valence-corrected chi connectivity index (χ0v) is 15.3. The number of amides is 1. The number of nitrogen functional groups attached to an aromatic ring is 1. The van der Waals surface area contributed by atoms with Crippen LogP contribution in [0, 0.1) is 12.7 Å². The number of nitrogens with zero attached hydrogens (tertiary/aromatic N) is 2. The summed E-state index contributed by atoms with van der Waals surface area (Å²) >= 11 is 0. The Labute approximate surface area is 153 Å². The van der Waals surface area contributed by atoms with Gasteiger partial charge in [-0.1, -0.05) is 18.2 Å². The fourth-order valence-electron chi connectivity index (χ4n) is 3.15. The Morgan fingerprint density at radius 1 is 1.19 bits per heavy atom. The van der Waals surface area contributed by atoms with Gasteiger partial charge in [0.1, 0.15) is 5.82 Å². The summed E-state index contributed by atoms with van der Waals surface area (Å²) < 4.78 is 14.1. The number of aryl methyl sites for hydroxylation is 1. The standard InChI is InChI=1S/C20H25FN4O/c1-14-11-17(21)16(12-18(14)22)20(26)23-13-15-5-3-4-6-19(15)25-9-7-24(2)8-10-25/h3-6,11-12H,7-10,13,22H2,1-2H3,(H,23,26). The van der Waals surface area contributed by atoms with Gasteiger partial charge in [0.2, 0.25) is 0 Å². The summed E-state index contributed by atoms with van der Waals surface area (Å²) in [6.07, 6.45) is 0. The second-order valence-corrected chi connectivity index (χ2v) is 6.79. The highest BCUT2D eigenvalue weighted by molar-refractivity contribution is 5.95. The van der Waals surface area contributed by atoms with Gasteiger partial charge in [-0.2, -0.15) is 0 Å². The molecule has 3 N–H and O–H groups in total. The zero-order chi connectivity index (χ0) is 18.7. The summed E-state index contributed by atoms with van der Waals surface area (Å²) in [5.41, 5.74) is 8.96. The Morgan fingerprint density at radius 2 is 1.88 bits per heavy atom. The minimum absolute atomic E-state index is 0.0230. The van der Waals surface area contributed by atoms with Crippen molar-refractivity contribution in [2.75, 3.05) is 43.9 Å². The number of para-hydroxylation sites is 1. The fourth-order valence-corrected chi connectivity index (χ4v) is 3.15. The van der Waals surface area contributed by atoms with E-state index in [1.54, 1.807) is 6.92 Å². The van der Waals surface area contributed by atoms with Gasteiger partial charge in [0.05, 0.1) is 5.56 Å². The molecule has 0 bridgehead atoms. The first-order valence-electron chi connectivity index (χ1n) is 8.81. The van der Waals surface area contributed by atoms with Gasteiger partial charge in [0, 0.05) is 44.1 Å². The van der Waals surface area contributed by atoms with Crippen molar-refractivity contribution in [1.82, 2.24) is 10.2 Å². The van der Waals surface area contributed by atoms with E-state index in [0.29, 0.717) is 17.8 Å². The molecule has 138 valence electrons. The summed E-state index contributed by atoms with van der Waals surface area (Å²) in [5.74, 6) is -1.01. The van der Waals surface area contributed by atoms with E-state index in [9.17, 15) is 9.18 Å². The number of halogens is 1. The van der Waals surface area contributed by atoms with Crippen LogP contribution in [-0.4, -0.2) is 44.0 Å². The van der Waals surface area contributed by atoms with Crippen molar-refractivity contribution in [1.29, 1.82) is 0 Å². The van der Waals surface area contributed by atoms with Crippen LogP contribution < -0.4 is 16.0 Å². The number of hydrogen-bond donors (Lipinski definition) is 2. The molecular weight excluding hydrogens is 331 g/mol. The lowest BCUT2D eigenvalue weighted by Gasteiger charge is -2.35. The lowest BCUT2D eigenvalue weighted by atomic mass is 10.1. The van der Waals surface area contributed by atoms with E-state index in [1.807, 2.05) is 18.2 Å². The third-order valence-corrected chi connectivity index (χ3v) is 4.88. The number of nitrogens with two attached hydrogens (primary N) is 1. The van der Waals surface area contributed by atoms with Crippen molar-refractivity contribution >= 4 is 17.3 Å². The lowest BCUT2D eigenvalue weighted by Crippen LogP contribution is -2.45. The molecule has 3 rings (SSSR count). The van der Waals surface area contributed by atoms with Crippen LogP contribution >= 0.6 is 0 Å². The number of piperazine rings is 1. The van der Waals surface area contributed by atoms with Crippen LogP contribution in [0.2, 0.25) is 0 Å². The molecule has 0 aromatic heterocycles. The molecule has 6 heteroatoms. The van der Waals surface area contributed by atoms with Crippen molar-refractivity contribution < 1.29 is 9.18 Å². The summed E-state index contributed by atoms with van der Waals surface area (Å²) in [4.78, 5) is 17.0. The van der Waals surface area contributed by atoms with Gasteiger partial charge in [-0.05, 0) is 43.3 Å². The van der Waals surface area contributed by atoms with Gasteiger partial charge >= 0.3 is 0 Å². The summed E-state index contributed by atoms with van der Waals surface area (Å²) in [7, 11) is 2.12. The van der Waals surface area contributed by atoms with E-state index < -0.39 is 11.7 Å². The molecular formula is C20H25FN4O. The molecule has 0 radical (unpaired) electrons. The maximum absolute atomic E-state index is 14.1. The van der Waals surface area contributed by atoms with E-state index in [2.05, 4.69) is 28.2 Å². The molecule has 26 heavy (non-hydrogen) atoms. The fraction of sp³-hybridized carbons (Fsp3) is 0.350. The molecule has 0 aliphatic carbocycles. The largest absolute Gasteiger partial charge is 0.398 e. The van der Waals surface area contributed by atoms with Crippen molar-refractivity contribution in [3.05, 3.63) is 58.9 Å². The lowest BCUT2D eigenvalue weighted by molar-refractivity contribution is 0.0947. The van der Waals surface area contributed by atoms with Crippen molar-refractivity contribution in [2.24, 2.45) is 0 Å². The number of anilines is 2. The van der Waals surface area contributed by atoms with Gasteiger partial charge < -0.3 is 20.9 Å². The number of hydrogen-bond acceptors (Lipinski definition) is 4. The maximum atomic E-state index is 14.1. The van der Waals surface area contributed by atoms with E-state index in [-0.39, 0.29) is 5.56 Å². The molecule has 0 spiro atoms. The number of likely N-dealkylation sites (N-methyl/N-ethyl adjacent to an activating group) is 1. The van der Waals surface area contributed by atoms with E-state index in [1.165, 1.54) is 12.1 Å². The average molecular weight is 356 g/mol. The molecule has 0 atom stereocenters. The molecule has 1 aliphatic rings. The Morgan fingerprint density at radius 3 is 2.62 bits per heavy atom. The van der Waals surface area contributed by atoms with E-state index >= 15 is 0 Å². The third kappa shape index (κ3) is 3.96. The number of benzene rings is 2.